The van der Waals surface area contributed by atoms with Crippen molar-refractivity contribution < 1.29 is 18.7 Å². The van der Waals surface area contributed by atoms with Crippen LogP contribution in [0.2, 0.25) is 0 Å². The highest BCUT2D eigenvalue weighted by Crippen LogP contribution is 2.16. The highest BCUT2D eigenvalue weighted by atomic mass is 19.1. The molecule has 2 aromatic carbocycles. The Kier molecular flexibility index (Phi) is 7.99. The van der Waals surface area contributed by atoms with Crippen LogP contribution in [-0.4, -0.2) is 37.6 Å². The largest absolute Gasteiger partial charge is 0.449 e. The summed E-state index contributed by atoms with van der Waals surface area (Å²) in [5.74, 6) is -1.19. The van der Waals surface area contributed by atoms with E-state index in [1.54, 1.807) is 24.3 Å². The second kappa shape index (κ2) is 10.4. The topological polar surface area (TPSA) is 58.6 Å². The minimum absolute atomic E-state index is 0.293. The van der Waals surface area contributed by atoms with Crippen molar-refractivity contribution in [1.29, 1.82) is 0 Å². The molecule has 0 fully saturated rings. The van der Waals surface area contributed by atoms with Crippen LogP contribution >= 0.6 is 0 Å². The maximum absolute atomic E-state index is 12.9. The van der Waals surface area contributed by atoms with Gasteiger partial charge < -0.3 is 15.0 Å². The van der Waals surface area contributed by atoms with Crippen molar-refractivity contribution in [3.8, 4) is 0 Å². The SMILES string of the molecule is CCN(CC)c1ccc(C(=O)O[C@@H](C)C(=O)NCCc2ccc(F)cc2)cc1. The first-order valence-electron chi connectivity index (χ1n) is 9.52. The molecule has 0 unspecified atom stereocenters. The number of rotatable bonds is 9. The molecule has 0 aliphatic carbocycles. The highest BCUT2D eigenvalue weighted by molar-refractivity contribution is 5.92. The first-order chi connectivity index (χ1) is 13.4. The summed E-state index contributed by atoms with van der Waals surface area (Å²) in [6.07, 6.45) is -0.331. The monoisotopic (exact) mass is 386 g/mol. The van der Waals surface area contributed by atoms with E-state index >= 15 is 0 Å². The lowest BCUT2D eigenvalue weighted by atomic mass is 10.1. The first-order valence-corrected chi connectivity index (χ1v) is 9.52. The molecule has 1 atom stereocenters. The number of hydrogen-bond donors (Lipinski definition) is 1. The lowest BCUT2D eigenvalue weighted by molar-refractivity contribution is -0.129. The summed E-state index contributed by atoms with van der Waals surface area (Å²) in [5, 5.41) is 2.73. The van der Waals surface area contributed by atoms with Gasteiger partial charge in [-0.3, -0.25) is 4.79 Å². The number of anilines is 1. The summed E-state index contributed by atoms with van der Waals surface area (Å²) < 4.78 is 18.1. The zero-order chi connectivity index (χ0) is 20.5. The molecule has 1 N–H and O–H groups in total. The average Bonchev–Trinajstić information content (AvgIpc) is 2.70. The summed E-state index contributed by atoms with van der Waals surface area (Å²) >= 11 is 0. The molecule has 0 radical (unpaired) electrons. The minimum Gasteiger partial charge on any atom is -0.449 e. The van der Waals surface area contributed by atoms with Gasteiger partial charge in [0.15, 0.2) is 6.10 Å². The molecule has 2 rings (SSSR count). The fourth-order valence-electron chi connectivity index (χ4n) is 2.80. The Labute approximate surface area is 165 Å². The maximum Gasteiger partial charge on any atom is 0.338 e. The third-order valence-electron chi connectivity index (χ3n) is 4.51. The van der Waals surface area contributed by atoms with Crippen LogP contribution in [0.4, 0.5) is 10.1 Å². The number of carbonyl (C=O) groups excluding carboxylic acids is 2. The van der Waals surface area contributed by atoms with Crippen LogP contribution in [0, 0.1) is 5.82 Å². The summed E-state index contributed by atoms with van der Waals surface area (Å²) in [7, 11) is 0. The smallest absolute Gasteiger partial charge is 0.338 e. The average molecular weight is 386 g/mol. The standard InChI is InChI=1S/C22H27FN2O3/c1-4-25(5-2)20-12-8-18(9-13-20)22(27)28-16(3)21(26)24-15-14-17-6-10-19(23)11-7-17/h6-13,16H,4-5,14-15H2,1-3H3,(H,24,26)/t16-/m0/s1. The van der Waals surface area contributed by atoms with Gasteiger partial charge in [-0.25, -0.2) is 9.18 Å². The summed E-state index contributed by atoms with van der Waals surface area (Å²) in [5.41, 5.74) is 2.36. The molecule has 28 heavy (non-hydrogen) atoms. The Morgan fingerprint density at radius 1 is 1.04 bits per heavy atom. The lowest BCUT2D eigenvalue weighted by Gasteiger charge is -2.21. The lowest BCUT2D eigenvalue weighted by Crippen LogP contribution is -2.36. The van der Waals surface area contributed by atoms with Crippen LogP contribution in [0.5, 0.6) is 0 Å². The quantitative estimate of drug-likeness (QED) is 0.670. The van der Waals surface area contributed by atoms with Gasteiger partial charge in [0.05, 0.1) is 5.56 Å². The van der Waals surface area contributed by atoms with Crippen molar-refractivity contribution in [3.05, 3.63) is 65.5 Å². The van der Waals surface area contributed by atoms with Gasteiger partial charge in [-0.2, -0.15) is 0 Å². The van der Waals surface area contributed by atoms with Gasteiger partial charge in [0.25, 0.3) is 5.91 Å². The van der Waals surface area contributed by atoms with E-state index < -0.39 is 12.1 Å². The molecule has 0 saturated carbocycles. The molecule has 0 aliphatic heterocycles. The Bertz CT molecular complexity index is 771. The van der Waals surface area contributed by atoms with Gasteiger partial charge >= 0.3 is 5.97 Å². The third-order valence-corrected chi connectivity index (χ3v) is 4.51. The van der Waals surface area contributed by atoms with Gasteiger partial charge in [0, 0.05) is 25.3 Å². The summed E-state index contributed by atoms with van der Waals surface area (Å²) in [6.45, 7) is 7.83. The Morgan fingerprint density at radius 2 is 1.64 bits per heavy atom. The van der Waals surface area contributed by atoms with Gasteiger partial charge in [-0.15, -0.1) is 0 Å². The highest BCUT2D eigenvalue weighted by Gasteiger charge is 2.18. The van der Waals surface area contributed by atoms with E-state index in [4.69, 9.17) is 4.74 Å². The van der Waals surface area contributed by atoms with E-state index in [-0.39, 0.29) is 11.7 Å². The fourth-order valence-corrected chi connectivity index (χ4v) is 2.80. The molecule has 6 heteroatoms. The normalized spacial score (nSPS) is 11.6. The molecule has 0 heterocycles. The molecule has 0 saturated heterocycles. The number of ether oxygens (including phenoxy) is 1. The Balaban J connectivity index is 1.82. The van der Waals surface area contributed by atoms with Crippen LogP contribution in [0.25, 0.3) is 0 Å². The molecule has 1 amide bonds. The molecule has 0 aliphatic rings. The Morgan fingerprint density at radius 3 is 2.21 bits per heavy atom. The summed E-state index contributed by atoms with van der Waals surface area (Å²) in [4.78, 5) is 26.5. The first kappa shape index (κ1) is 21.4. The van der Waals surface area contributed by atoms with Gasteiger partial charge in [0.2, 0.25) is 0 Å². The number of halogens is 1. The van der Waals surface area contributed by atoms with Crippen LogP contribution in [-0.2, 0) is 16.0 Å². The van der Waals surface area contributed by atoms with Crippen molar-refractivity contribution in [1.82, 2.24) is 5.32 Å². The van der Waals surface area contributed by atoms with E-state index in [2.05, 4.69) is 24.1 Å². The maximum atomic E-state index is 12.9. The zero-order valence-electron chi connectivity index (χ0n) is 16.6. The number of nitrogens with zero attached hydrogens (tertiary/aromatic N) is 1. The molecule has 2 aromatic rings. The molecule has 0 spiro atoms. The van der Waals surface area contributed by atoms with Crippen molar-refractivity contribution in [3.63, 3.8) is 0 Å². The number of carbonyl (C=O) groups is 2. The van der Waals surface area contributed by atoms with Crippen LogP contribution in [0.15, 0.2) is 48.5 Å². The number of amides is 1. The number of esters is 1. The van der Waals surface area contributed by atoms with E-state index in [0.717, 1.165) is 24.3 Å². The van der Waals surface area contributed by atoms with Crippen molar-refractivity contribution in [2.45, 2.75) is 33.3 Å². The van der Waals surface area contributed by atoms with Crippen molar-refractivity contribution in [2.24, 2.45) is 0 Å². The predicted molar refractivity (Wildman–Crippen MR) is 108 cm³/mol. The van der Waals surface area contributed by atoms with Crippen LogP contribution < -0.4 is 10.2 Å². The minimum atomic E-state index is -0.900. The van der Waals surface area contributed by atoms with Crippen LogP contribution in [0.1, 0.15) is 36.7 Å². The fraction of sp³-hybridized carbons (Fsp3) is 0.364. The van der Waals surface area contributed by atoms with E-state index in [0.29, 0.717) is 18.5 Å². The van der Waals surface area contributed by atoms with E-state index in [1.807, 2.05) is 12.1 Å². The van der Waals surface area contributed by atoms with E-state index in [9.17, 15) is 14.0 Å². The molecule has 0 aromatic heterocycles. The second-order valence-electron chi connectivity index (χ2n) is 6.43. The summed E-state index contributed by atoms with van der Waals surface area (Å²) in [6, 6.07) is 13.3. The molecular weight excluding hydrogens is 359 g/mol. The second-order valence-corrected chi connectivity index (χ2v) is 6.43. The molecule has 5 nitrogen and oxygen atoms in total. The molecule has 0 bridgehead atoms. The molecule has 150 valence electrons. The van der Waals surface area contributed by atoms with E-state index in [1.165, 1.54) is 19.1 Å². The number of hydrogen-bond acceptors (Lipinski definition) is 4. The van der Waals surface area contributed by atoms with Crippen molar-refractivity contribution in [2.75, 3.05) is 24.5 Å². The Hall–Kier alpha value is -2.89. The molecular formula is C22H27FN2O3. The number of benzene rings is 2. The number of nitrogens with one attached hydrogen (secondary N) is 1. The van der Waals surface area contributed by atoms with Crippen molar-refractivity contribution >= 4 is 17.6 Å². The van der Waals surface area contributed by atoms with Crippen LogP contribution in [0.3, 0.4) is 0 Å². The van der Waals surface area contributed by atoms with Gasteiger partial charge in [-0.1, -0.05) is 12.1 Å². The van der Waals surface area contributed by atoms with Gasteiger partial charge in [0.1, 0.15) is 5.82 Å². The van der Waals surface area contributed by atoms with Gasteiger partial charge in [-0.05, 0) is 69.2 Å². The zero-order valence-corrected chi connectivity index (χ0v) is 16.6. The predicted octanol–water partition coefficient (Wildman–Crippen LogP) is 3.58. The third kappa shape index (κ3) is 6.08.